The lowest BCUT2D eigenvalue weighted by Gasteiger charge is -2.10. The van der Waals surface area contributed by atoms with Crippen molar-refractivity contribution in [3.8, 4) is 6.07 Å². The molecule has 2 heterocycles. The molecule has 0 saturated heterocycles. The van der Waals surface area contributed by atoms with Gasteiger partial charge in [0.25, 0.3) is 5.91 Å². The molecule has 1 aliphatic heterocycles. The molecule has 3 aromatic rings. The predicted octanol–water partition coefficient (Wildman–Crippen LogP) is 2.43. The minimum atomic E-state index is -0.532. The van der Waals surface area contributed by atoms with Gasteiger partial charge >= 0.3 is 0 Å². The number of H-pyrrole nitrogens is 1. The summed E-state index contributed by atoms with van der Waals surface area (Å²) in [5.41, 5.74) is 3.50. The van der Waals surface area contributed by atoms with Crippen molar-refractivity contribution in [1.29, 1.82) is 5.26 Å². The van der Waals surface area contributed by atoms with Crippen LogP contribution in [0.2, 0.25) is 0 Å². The second kappa shape index (κ2) is 5.44. The number of halogens is 1. The lowest BCUT2D eigenvalue weighted by atomic mass is 10.0. The first kappa shape index (κ1) is 14.4. The van der Waals surface area contributed by atoms with Gasteiger partial charge in [-0.2, -0.15) is 10.4 Å². The standard InChI is InChI=1S/C17H12FN5O/c18-12-3-13(14-8-21-23-16(14)4-12)17(24)22-15-2-11-7-20-6-10(11)1-9(15)5-19/h1-4,8,20H,6-7H2,(H,21,23)(H,22,24). The van der Waals surface area contributed by atoms with Crippen LogP contribution in [0.4, 0.5) is 10.1 Å². The lowest BCUT2D eigenvalue weighted by molar-refractivity contribution is 0.102. The molecule has 4 rings (SSSR count). The Kier molecular flexibility index (Phi) is 3.25. The first-order valence-electron chi connectivity index (χ1n) is 7.36. The van der Waals surface area contributed by atoms with Gasteiger partial charge < -0.3 is 10.6 Å². The van der Waals surface area contributed by atoms with Crippen LogP contribution in [-0.2, 0) is 13.1 Å². The maximum atomic E-state index is 13.7. The number of aromatic nitrogens is 2. The fraction of sp³-hybridized carbons (Fsp3) is 0.118. The van der Waals surface area contributed by atoms with E-state index in [4.69, 9.17) is 0 Å². The summed E-state index contributed by atoms with van der Waals surface area (Å²) >= 11 is 0. The number of aromatic amines is 1. The SMILES string of the molecule is N#Cc1cc2c(cc1NC(=O)c1cc(F)cc3[nH]ncc13)CNC2. The van der Waals surface area contributed by atoms with Gasteiger partial charge in [-0.3, -0.25) is 9.89 Å². The molecule has 2 aromatic carbocycles. The lowest BCUT2D eigenvalue weighted by Crippen LogP contribution is -2.14. The van der Waals surface area contributed by atoms with E-state index in [1.807, 2.05) is 0 Å². The number of hydrogen-bond acceptors (Lipinski definition) is 4. The normalized spacial score (nSPS) is 12.8. The van der Waals surface area contributed by atoms with Gasteiger partial charge in [0, 0.05) is 18.5 Å². The Hall–Kier alpha value is -3.24. The average molecular weight is 321 g/mol. The molecular weight excluding hydrogens is 309 g/mol. The van der Waals surface area contributed by atoms with Gasteiger partial charge in [-0.25, -0.2) is 4.39 Å². The molecule has 0 atom stereocenters. The third-order valence-corrected chi connectivity index (χ3v) is 4.11. The molecule has 6 nitrogen and oxygen atoms in total. The summed E-state index contributed by atoms with van der Waals surface area (Å²) in [6, 6.07) is 8.09. The average Bonchev–Trinajstić information content (AvgIpc) is 3.21. The van der Waals surface area contributed by atoms with Crippen molar-refractivity contribution in [1.82, 2.24) is 15.5 Å². The zero-order valence-electron chi connectivity index (χ0n) is 12.5. The van der Waals surface area contributed by atoms with Crippen molar-refractivity contribution in [2.75, 3.05) is 5.32 Å². The Balaban J connectivity index is 1.74. The summed E-state index contributed by atoms with van der Waals surface area (Å²) in [5, 5.41) is 22.2. The predicted molar refractivity (Wildman–Crippen MR) is 85.7 cm³/mol. The molecule has 118 valence electrons. The summed E-state index contributed by atoms with van der Waals surface area (Å²) in [6.07, 6.45) is 1.47. The highest BCUT2D eigenvalue weighted by atomic mass is 19.1. The van der Waals surface area contributed by atoms with Gasteiger partial charge in [-0.1, -0.05) is 0 Å². The van der Waals surface area contributed by atoms with Crippen molar-refractivity contribution in [2.45, 2.75) is 13.1 Å². The molecule has 0 radical (unpaired) electrons. The molecule has 24 heavy (non-hydrogen) atoms. The summed E-state index contributed by atoms with van der Waals surface area (Å²) in [6.45, 7) is 1.40. The topological polar surface area (TPSA) is 93.6 Å². The van der Waals surface area contributed by atoms with Gasteiger partial charge in [0.2, 0.25) is 0 Å². The van der Waals surface area contributed by atoms with E-state index in [1.54, 1.807) is 12.1 Å². The number of nitrogens with zero attached hydrogens (tertiary/aromatic N) is 2. The molecule has 0 fully saturated rings. The van der Waals surface area contributed by atoms with Crippen LogP contribution < -0.4 is 10.6 Å². The molecule has 1 amide bonds. The fourth-order valence-corrected chi connectivity index (χ4v) is 2.94. The maximum Gasteiger partial charge on any atom is 0.256 e. The number of fused-ring (bicyclic) bond motifs is 2. The van der Waals surface area contributed by atoms with Gasteiger partial charge in [0.15, 0.2) is 0 Å². The van der Waals surface area contributed by atoms with Crippen LogP contribution in [0.1, 0.15) is 27.0 Å². The van der Waals surface area contributed by atoms with E-state index < -0.39 is 11.7 Å². The Bertz CT molecular complexity index is 1020. The first-order chi connectivity index (χ1) is 11.7. The van der Waals surface area contributed by atoms with Crippen molar-refractivity contribution >= 4 is 22.5 Å². The van der Waals surface area contributed by atoms with Crippen molar-refractivity contribution < 1.29 is 9.18 Å². The van der Waals surface area contributed by atoms with Gasteiger partial charge in [-0.05, 0) is 35.4 Å². The summed E-state index contributed by atoms with van der Waals surface area (Å²) in [4.78, 5) is 12.6. The number of nitriles is 1. The van der Waals surface area contributed by atoms with Crippen LogP contribution in [0.3, 0.4) is 0 Å². The van der Waals surface area contributed by atoms with Gasteiger partial charge in [-0.15, -0.1) is 0 Å². The van der Waals surface area contributed by atoms with E-state index in [0.717, 1.165) is 17.2 Å². The minimum Gasteiger partial charge on any atom is -0.321 e. The van der Waals surface area contributed by atoms with Gasteiger partial charge in [0.1, 0.15) is 11.9 Å². The maximum absolute atomic E-state index is 13.7. The smallest absolute Gasteiger partial charge is 0.256 e. The number of anilines is 1. The molecule has 0 bridgehead atoms. The zero-order chi connectivity index (χ0) is 16.7. The van der Waals surface area contributed by atoms with Crippen LogP contribution in [0.5, 0.6) is 0 Å². The molecule has 7 heteroatoms. The quantitative estimate of drug-likeness (QED) is 0.676. The van der Waals surface area contributed by atoms with Crippen molar-refractivity contribution in [3.05, 3.63) is 58.5 Å². The van der Waals surface area contributed by atoms with Crippen LogP contribution >= 0.6 is 0 Å². The van der Waals surface area contributed by atoms with Crippen LogP contribution in [-0.4, -0.2) is 16.1 Å². The number of carbonyl (C=O) groups excluding carboxylic acids is 1. The number of benzene rings is 2. The summed E-state index contributed by atoms with van der Waals surface area (Å²) in [5.74, 6) is -1.01. The van der Waals surface area contributed by atoms with Crippen LogP contribution in [0, 0.1) is 17.1 Å². The zero-order valence-corrected chi connectivity index (χ0v) is 12.5. The highest BCUT2D eigenvalue weighted by Crippen LogP contribution is 2.26. The monoisotopic (exact) mass is 321 g/mol. The Morgan fingerprint density at radius 2 is 2.04 bits per heavy atom. The third kappa shape index (κ3) is 2.30. The highest BCUT2D eigenvalue weighted by molar-refractivity contribution is 6.12. The number of nitrogens with one attached hydrogen (secondary N) is 3. The van der Waals surface area contributed by atoms with Gasteiger partial charge in [0.05, 0.1) is 28.5 Å². The number of carbonyl (C=O) groups is 1. The molecule has 1 aromatic heterocycles. The van der Waals surface area contributed by atoms with Crippen LogP contribution in [0.25, 0.3) is 10.9 Å². The Labute approximate surface area is 136 Å². The van der Waals surface area contributed by atoms with E-state index in [2.05, 4.69) is 26.9 Å². The minimum absolute atomic E-state index is 0.168. The first-order valence-corrected chi connectivity index (χ1v) is 7.36. The third-order valence-electron chi connectivity index (χ3n) is 4.11. The van der Waals surface area contributed by atoms with Crippen molar-refractivity contribution in [2.24, 2.45) is 0 Å². The number of hydrogen-bond donors (Lipinski definition) is 3. The molecule has 0 unspecified atom stereocenters. The number of amides is 1. The fourth-order valence-electron chi connectivity index (χ4n) is 2.94. The summed E-state index contributed by atoms with van der Waals surface area (Å²) in [7, 11) is 0. The van der Waals surface area contributed by atoms with E-state index in [1.165, 1.54) is 12.3 Å². The molecule has 1 aliphatic rings. The second-order valence-corrected chi connectivity index (χ2v) is 5.62. The Morgan fingerprint density at radius 1 is 1.25 bits per heavy atom. The molecule has 0 spiro atoms. The molecule has 0 aliphatic carbocycles. The molecule has 3 N–H and O–H groups in total. The van der Waals surface area contributed by atoms with E-state index in [-0.39, 0.29) is 5.56 Å². The number of rotatable bonds is 2. The van der Waals surface area contributed by atoms with Crippen molar-refractivity contribution in [3.63, 3.8) is 0 Å². The van der Waals surface area contributed by atoms with Crippen LogP contribution in [0.15, 0.2) is 30.5 Å². The van der Waals surface area contributed by atoms with E-state index >= 15 is 0 Å². The second-order valence-electron chi connectivity index (χ2n) is 5.62. The van der Waals surface area contributed by atoms with E-state index in [0.29, 0.717) is 35.2 Å². The largest absolute Gasteiger partial charge is 0.321 e. The molecule has 0 saturated carbocycles. The molecular formula is C17H12FN5O. The summed E-state index contributed by atoms with van der Waals surface area (Å²) < 4.78 is 13.7. The highest BCUT2D eigenvalue weighted by Gasteiger charge is 2.18. The Morgan fingerprint density at radius 3 is 2.83 bits per heavy atom. The van der Waals surface area contributed by atoms with E-state index in [9.17, 15) is 14.4 Å².